The van der Waals surface area contributed by atoms with E-state index in [1.165, 1.54) is 6.92 Å². The summed E-state index contributed by atoms with van der Waals surface area (Å²) in [5.74, 6) is -6.46. The second-order valence-electron chi connectivity index (χ2n) is 6.72. The van der Waals surface area contributed by atoms with E-state index >= 15 is 0 Å². The highest BCUT2D eigenvalue weighted by Gasteiger charge is 2.35. The molecule has 7 atom stereocenters. The van der Waals surface area contributed by atoms with E-state index in [2.05, 4.69) is 5.32 Å². The van der Waals surface area contributed by atoms with Crippen LogP contribution in [0.5, 0.6) is 0 Å². The minimum Gasteiger partial charge on any atom is -0.481 e. The largest absolute Gasteiger partial charge is 0.481 e. The van der Waals surface area contributed by atoms with Crippen LogP contribution in [0.3, 0.4) is 0 Å². The standard InChI is InChI=1S/C16H28N4O10/c1-5(21)10(17)13(26)19-12(7(3)23)15(28)20-11(6(2)22)14(27)18-8(16(29)30)4-9(24)25/h5-8,10-12,21-23H,4,17H2,1-3H3,(H,18,27)(H,19,26)(H,20,28)(H,24,25)(H,29,30). The summed E-state index contributed by atoms with van der Waals surface area (Å²) in [5.41, 5.74) is 5.45. The average molecular weight is 436 g/mol. The number of aliphatic hydroxyl groups is 3. The SMILES string of the molecule is CC(O)C(N)C(=O)NC(C(=O)NC(C(=O)NC(CC(=O)O)C(=O)O)C(C)O)C(C)O. The lowest BCUT2D eigenvalue weighted by atomic mass is 10.1. The molecule has 0 radical (unpaired) electrons. The third-order valence-electron chi connectivity index (χ3n) is 3.94. The highest BCUT2D eigenvalue weighted by Crippen LogP contribution is 2.02. The monoisotopic (exact) mass is 436 g/mol. The maximum Gasteiger partial charge on any atom is 0.326 e. The van der Waals surface area contributed by atoms with Crippen molar-refractivity contribution in [1.29, 1.82) is 0 Å². The van der Waals surface area contributed by atoms with Gasteiger partial charge < -0.3 is 47.2 Å². The second-order valence-corrected chi connectivity index (χ2v) is 6.72. The fourth-order valence-electron chi connectivity index (χ4n) is 2.16. The van der Waals surface area contributed by atoms with Gasteiger partial charge in [-0.3, -0.25) is 19.2 Å². The van der Waals surface area contributed by atoms with E-state index in [-0.39, 0.29) is 0 Å². The molecule has 172 valence electrons. The molecule has 0 fully saturated rings. The molecule has 30 heavy (non-hydrogen) atoms. The van der Waals surface area contributed by atoms with E-state index in [0.717, 1.165) is 13.8 Å². The predicted octanol–water partition coefficient (Wildman–Crippen LogP) is -4.53. The van der Waals surface area contributed by atoms with E-state index in [0.29, 0.717) is 0 Å². The van der Waals surface area contributed by atoms with Gasteiger partial charge in [-0.25, -0.2) is 4.79 Å². The topological polar surface area (TPSA) is 249 Å². The van der Waals surface area contributed by atoms with Gasteiger partial charge in [0.05, 0.1) is 24.7 Å². The van der Waals surface area contributed by atoms with Gasteiger partial charge in [-0.2, -0.15) is 0 Å². The quantitative estimate of drug-likeness (QED) is 0.141. The van der Waals surface area contributed by atoms with E-state index in [1.807, 2.05) is 10.6 Å². The zero-order chi connectivity index (χ0) is 23.8. The van der Waals surface area contributed by atoms with E-state index in [1.54, 1.807) is 0 Å². The number of hydrogen-bond donors (Lipinski definition) is 9. The number of aliphatic carboxylic acids is 2. The molecule has 0 aliphatic heterocycles. The van der Waals surface area contributed by atoms with Crippen molar-refractivity contribution < 1.29 is 49.5 Å². The number of carboxylic acid groups (broad SMARTS) is 2. The first-order chi connectivity index (χ1) is 13.7. The first kappa shape index (κ1) is 27.2. The lowest BCUT2D eigenvalue weighted by Crippen LogP contribution is -2.62. The Morgan fingerprint density at radius 3 is 1.47 bits per heavy atom. The van der Waals surface area contributed by atoms with Crippen molar-refractivity contribution in [3.05, 3.63) is 0 Å². The number of aliphatic hydroxyl groups excluding tert-OH is 3. The maximum absolute atomic E-state index is 12.4. The fraction of sp³-hybridized carbons (Fsp3) is 0.688. The molecule has 0 aromatic rings. The van der Waals surface area contributed by atoms with Crippen LogP contribution in [-0.2, 0) is 24.0 Å². The van der Waals surface area contributed by atoms with Crippen molar-refractivity contribution in [2.24, 2.45) is 5.73 Å². The minimum atomic E-state index is -1.83. The molecule has 0 aromatic carbocycles. The van der Waals surface area contributed by atoms with Crippen LogP contribution in [0.15, 0.2) is 0 Å². The molecule has 0 spiro atoms. The Labute approximate surface area is 171 Å². The van der Waals surface area contributed by atoms with Crippen molar-refractivity contribution in [3.63, 3.8) is 0 Å². The number of rotatable bonds is 12. The summed E-state index contributed by atoms with van der Waals surface area (Å²) < 4.78 is 0. The Bertz CT molecular complexity index is 652. The fourth-order valence-corrected chi connectivity index (χ4v) is 2.16. The van der Waals surface area contributed by atoms with Gasteiger partial charge in [0, 0.05) is 0 Å². The van der Waals surface area contributed by atoms with Crippen molar-refractivity contribution >= 4 is 29.7 Å². The lowest BCUT2D eigenvalue weighted by molar-refractivity contribution is -0.148. The molecule has 0 aliphatic carbocycles. The smallest absolute Gasteiger partial charge is 0.326 e. The van der Waals surface area contributed by atoms with Crippen LogP contribution in [0.4, 0.5) is 0 Å². The molecular weight excluding hydrogens is 408 g/mol. The summed E-state index contributed by atoms with van der Waals surface area (Å²) >= 11 is 0. The molecule has 14 heteroatoms. The molecule has 0 bridgehead atoms. The van der Waals surface area contributed by atoms with Gasteiger partial charge in [-0.15, -0.1) is 0 Å². The molecule has 0 aromatic heterocycles. The number of carbonyl (C=O) groups excluding carboxylic acids is 3. The van der Waals surface area contributed by atoms with Gasteiger partial charge in [-0.1, -0.05) is 0 Å². The van der Waals surface area contributed by atoms with Crippen LogP contribution < -0.4 is 21.7 Å². The van der Waals surface area contributed by atoms with Gasteiger partial charge in [0.2, 0.25) is 17.7 Å². The molecule has 14 nitrogen and oxygen atoms in total. The summed E-state index contributed by atoms with van der Waals surface area (Å²) in [6.45, 7) is 3.46. The van der Waals surface area contributed by atoms with Crippen molar-refractivity contribution in [2.45, 2.75) is 69.7 Å². The van der Waals surface area contributed by atoms with Crippen LogP contribution >= 0.6 is 0 Å². The van der Waals surface area contributed by atoms with Gasteiger partial charge in [-0.05, 0) is 20.8 Å². The van der Waals surface area contributed by atoms with E-state index in [4.69, 9.17) is 15.9 Å². The molecule has 0 saturated heterocycles. The summed E-state index contributed by atoms with van der Waals surface area (Å²) in [4.78, 5) is 58.5. The highest BCUT2D eigenvalue weighted by molar-refractivity contribution is 5.95. The Kier molecular flexibility index (Phi) is 10.9. The molecular formula is C16H28N4O10. The Hall–Kier alpha value is -2.81. The number of nitrogens with two attached hydrogens (primary N) is 1. The van der Waals surface area contributed by atoms with Crippen molar-refractivity contribution in [3.8, 4) is 0 Å². The molecule has 0 aliphatic rings. The average Bonchev–Trinajstić information content (AvgIpc) is 2.60. The molecule has 0 heterocycles. The Balaban J connectivity index is 5.39. The zero-order valence-electron chi connectivity index (χ0n) is 16.6. The van der Waals surface area contributed by atoms with Gasteiger partial charge in [0.25, 0.3) is 0 Å². The van der Waals surface area contributed by atoms with Gasteiger partial charge in [0.15, 0.2) is 0 Å². The zero-order valence-corrected chi connectivity index (χ0v) is 16.6. The summed E-state index contributed by atoms with van der Waals surface area (Å²) in [6, 6.07) is -6.62. The van der Waals surface area contributed by atoms with Crippen LogP contribution in [0.1, 0.15) is 27.2 Å². The minimum absolute atomic E-state index is 0.953. The van der Waals surface area contributed by atoms with Gasteiger partial charge in [0.1, 0.15) is 24.2 Å². The lowest BCUT2D eigenvalue weighted by Gasteiger charge is -2.27. The van der Waals surface area contributed by atoms with E-state index < -0.39 is 78.6 Å². The second kappa shape index (κ2) is 12.0. The van der Waals surface area contributed by atoms with Gasteiger partial charge >= 0.3 is 11.9 Å². The molecule has 3 amide bonds. The third-order valence-corrected chi connectivity index (χ3v) is 3.94. The maximum atomic E-state index is 12.4. The molecule has 7 unspecified atom stereocenters. The predicted molar refractivity (Wildman–Crippen MR) is 98.7 cm³/mol. The van der Waals surface area contributed by atoms with Crippen LogP contribution in [0, 0.1) is 0 Å². The number of amides is 3. The summed E-state index contributed by atoms with van der Waals surface area (Å²) in [6.07, 6.45) is -5.25. The molecule has 10 N–H and O–H groups in total. The summed E-state index contributed by atoms with van der Waals surface area (Å²) in [5, 5.41) is 52.6. The van der Waals surface area contributed by atoms with Crippen molar-refractivity contribution in [1.82, 2.24) is 16.0 Å². The van der Waals surface area contributed by atoms with Crippen molar-refractivity contribution in [2.75, 3.05) is 0 Å². The van der Waals surface area contributed by atoms with E-state index in [9.17, 15) is 39.3 Å². The first-order valence-corrected chi connectivity index (χ1v) is 8.84. The Morgan fingerprint density at radius 2 is 1.13 bits per heavy atom. The van der Waals surface area contributed by atoms with Crippen LogP contribution in [-0.4, -0.2) is 97.7 Å². The van der Waals surface area contributed by atoms with Crippen LogP contribution in [0.2, 0.25) is 0 Å². The normalized spacial score (nSPS) is 18.0. The first-order valence-electron chi connectivity index (χ1n) is 8.84. The summed E-state index contributed by atoms with van der Waals surface area (Å²) in [7, 11) is 0. The molecule has 0 rings (SSSR count). The van der Waals surface area contributed by atoms with Crippen LogP contribution in [0.25, 0.3) is 0 Å². The number of carbonyl (C=O) groups is 5. The Morgan fingerprint density at radius 1 is 0.733 bits per heavy atom. The number of carboxylic acids is 2. The number of hydrogen-bond acceptors (Lipinski definition) is 9. The molecule has 0 saturated carbocycles. The highest BCUT2D eigenvalue weighted by atomic mass is 16.4. The third kappa shape index (κ3) is 8.69. The number of nitrogens with one attached hydrogen (secondary N) is 3.